The summed E-state index contributed by atoms with van der Waals surface area (Å²) < 4.78 is 0. The molecule has 2 amide bonds. The molecule has 7 heteroatoms. The van der Waals surface area contributed by atoms with Crippen molar-refractivity contribution < 1.29 is 9.59 Å². The summed E-state index contributed by atoms with van der Waals surface area (Å²) >= 11 is 6.03. The SMILES string of the molecule is O=C1[C@@H]2SS[C@@H](C(=O)N2Cc2cccc(Cl)c2)N1Cc1ccccc1. The van der Waals surface area contributed by atoms with Crippen LogP contribution in [0.25, 0.3) is 0 Å². The Morgan fingerprint density at radius 1 is 0.800 bits per heavy atom. The fourth-order valence-corrected chi connectivity index (χ4v) is 6.18. The molecule has 25 heavy (non-hydrogen) atoms. The van der Waals surface area contributed by atoms with Crippen molar-refractivity contribution >= 4 is 45.0 Å². The Bertz CT molecular complexity index is 818. The largest absolute Gasteiger partial charge is 0.314 e. The molecular weight excluding hydrogens is 376 g/mol. The number of halogens is 1. The van der Waals surface area contributed by atoms with Crippen LogP contribution in [-0.4, -0.2) is 32.4 Å². The minimum atomic E-state index is -0.481. The van der Waals surface area contributed by atoms with Gasteiger partial charge in [0.2, 0.25) is 0 Å². The van der Waals surface area contributed by atoms with E-state index in [1.54, 1.807) is 15.9 Å². The van der Waals surface area contributed by atoms with Crippen molar-refractivity contribution in [3.63, 3.8) is 0 Å². The van der Waals surface area contributed by atoms with Crippen LogP contribution in [0.4, 0.5) is 0 Å². The number of piperazine rings is 1. The quantitative estimate of drug-likeness (QED) is 0.745. The second-order valence-electron chi connectivity index (χ2n) is 5.94. The maximum Gasteiger partial charge on any atom is 0.258 e. The van der Waals surface area contributed by atoms with Gasteiger partial charge >= 0.3 is 0 Å². The highest BCUT2D eigenvalue weighted by molar-refractivity contribution is 8.77. The molecule has 3 fully saturated rings. The summed E-state index contributed by atoms with van der Waals surface area (Å²) in [5.41, 5.74) is 1.96. The summed E-state index contributed by atoms with van der Waals surface area (Å²) in [4.78, 5) is 29.1. The minimum absolute atomic E-state index is 0.000712. The lowest BCUT2D eigenvalue weighted by molar-refractivity contribution is -0.155. The maximum absolute atomic E-state index is 12.9. The molecule has 2 atom stereocenters. The van der Waals surface area contributed by atoms with E-state index in [-0.39, 0.29) is 11.8 Å². The summed E-state index contributed by atoms with van der Waals surface area (Å²) in [6, 6.07) is 17.2. The molecule has 0 unspecified atom stereocenters. The van der Waals surface area contributed by atoms with Gasteiger partial charge in [-0.15, -0.1) is 0 Å². The molecule has 0 aromatic heterocycles. The normalized spacial score (nSPS) is 22.6. The molecule has 4 nitrogen and oxygen atoms in total. The van der Waals surface area contributed by atoms with E-state index in [1.165, 1.54) is 21.6 Å². The number of benzene rings is 2. The first-order chi connectivity index (χ1) is 12.1. The Morgan fingerprint density at radius 2 is 1.36 bits per heavy atom. The summed E-state index contributed by atoms with van der Waals surface area (Å²) in [7, 11) is 2.94. The van der Waals surface area contributed by atoms with Crippen molar-refractivity contribution in [2.75, 3.05) is 0 Å². The predicted molar refractivity (Wildman–Crippen MR) is 102 cm³/mol. The summed E-state index contributed by atoms with van der Waals surface area (Å²) in [6.07, 6.45) is 0. The van der Waals surface area contributed by atoms with Crippen LogP contribution in [0, 0.1) is 0 Å². The Morgan fingerprint density at radius 3 is 1.96 bits per heavy atom. The minimum Gasteiger partial charge on any atom is -0.314 e. The Hall–Kier alpha value is -1.63. The summed E-state index contributed by atoms with van der Waals surface area (Å²) in [5.74, 6) is -0.0107. The van der Waals surface area contributed by atoms with Crippen molar-refractivity contribution in [3.05, 3.63) is 70.7 Å². The molecule has 0 saturated carbocycles. The highest BCUT2D eigenvalue weighted by Gasteiger charge is 2.51. The average Bonchev–Trinajstić information content (AvgIpc) is 2.61. The molecule has 5 rings (SSSR count). The number of hydrogen-bond acceptors (Lipinski definition) is 4. The Balaban J connectivity index is 1.55. The van der Waals surface area contributed by atoms with Gasteiger partial charge < -0.3 is 9.80 Å². The van der Waals surface area contributed by atoms with Gasteiger partial charge in [0.05, 0.1) is 0 Å². The molecule has 3 aliphatic heterocycles. The van der Waals surface area contributed by atoms with Crippen LogP contribution in [-0.2, 0) is 22.7 Å². The van der Waals surface area contributed by atoms with E-state index in [1.807, 2.05) is 48.5 Å². The zero-order chi connectivity index (χ0) is 17.4. The molecule has 0 N–H and O–H groups in total. The van der Waals surface area contributed by atoms with Crippen LogP contribution >= 0.6 is 33.2 Å². The molecule has 0 radical (unpaired) electrons. The van der Waals surface area contributed by atoms with E-state index in [2.05, 4.69) is 0 Å². The Labute approximate surface area is 158 Å². The average molecular weight is 391 g/mol. The number of rotatable bonds is 4. The van der Waals surface area contributed by atoms with Crippen LogP contribution in [0.1, 0.15) is 11.1 Å². The van der Waals surface area contributed by atoms with Gasteiger partial charge in [-0.25, -0.2) is 0 Å². The number of amides is 2. The van der Waals surface area contributed by atoms with Crippen molar-refractivity contribution in [3.8, 4) is 0 Å². The standard InChI is InChI=1S/C18H15ClN2O2S2/c19-14-8-4-7-13(9-14)11-21-16(23)17-20(15(22)18(21)25-24-17)10-12-5-2-1-3-6-12/h1-9,17-18H,10-11H2/t17-,18-/m0/s1. The second-order valence-corrected chi connectivity index (χ2v) is 8.81. The molecule has 0 spiro atoms. The third-order valence-corrected chi connectivity index (χ3v) is 7.28. The number of fused-ring (bicyclic) bond motifs is 3. The number of carbonyl (C=O) groups is 2. The van der Waals surface area contributed by atoms with E-state index in [0.717, 1.165) is 11.1 Å². The van der Waals surface area contributed by atoms with Crippen LogP contribution in [0.3, 0.4) is 0 Å². The monoisotopic (exact) mass is 390 g/mol. The summed E-state index contributed by atoms with van der Waals surface area (Å²) in [5, 5.41) is -0.321. The molecule has 2 aromatic rings. The van der Waals surface area contributed by atoms with E-state index < -0.39 is 10.7 Å². The highest BCUT2D eigenvalue weighted by atomic mass is 35.5. The van der Waals surface area contributed by atoms with E-state index in [9.17, 15) is 9.59 Å². The zero-order valence-corrected chi connectivity index (χ0v) is 15.6. The van der Waals surface area contributed by atoms with Gasteiger partial charge in [0.1, 0.15) is 0 Å². The van der Waals surface area contributed by atoms with Gasteiger partial charge in [-0.1, -0.05) is 75.7 Å². The number of hydrogen-bond donors (Lipinski definition) is 0. The van der Waals surface area contributed by atoms with E-state index in [0.29, 0.717) is 18.1 Å². The lowest BCUT2D eigenvalue weighted by Crippen LogP contribution is -2.64. The topological polar surface area (TPSA) is 40.6 Å². The number of carbonyl (C=O) groups excluding carboxylic acids is 2. The lowest BCUT2D eigenvalue weighted by Gasteiger charge is -2.48. The third kappa shape index (κ3) is 3.26. The van der Waals surface area contributed by atoms with Gasteiger partial charge in [0.25, 0.3) is 11.8 Å². The first-order valence-electron chi connectivity index (χ1n) is 7.85. The maximum atomic E-state index is 12.9. The smallest absolute Gasteiger partial charge is 0.258 e. The Kier molecular flexibility index (Phi) is 4.67. The highest BCUT2D eigenvalue weighted by Crippen LogP contribution is 2.47. The van der Waals surface area contributed by atoms with Gasteiger partial charge in [-0.2, -0.15) is 0 Å². The van der Waals surface area contributed by atoms with Crippen LogP contribution < -0.4 is 0 Å². The van der Waals surface area contributed by atoms with Crippen molar-refractivity contribution in [1.29, 1.82) is 0 Å². The molecule has 2 bridgehead atoms. The molecule has 3 aliphatic rings. The molecule has 3 saturated heterocycles. The lowest BCUT2D eigenvalue weighted by atomic mass is 10.1. The van der Waals surface area contributed by atoms with E-state index >= 15 is 0 Å². The molecular formula is C18H15ClN2O2S2. The molecule has 3 heterocycles. The molecule has 128 valence electrons. The van der Waals surface area contributed by atoms with Gasteiger partial charge in [-0.05, 0) is 23.3 Å². The fourth-order valence-electron chi connectivity index (χ4n) is 3.01. The van der Waals surface area contributed by atoms with Crippen molar-refractivity contribution in [1.82, 2.24) is 9.80 Å². The van der Waals surface area contributed by atoms with E-state index in [4.69, 9.17) is 11.6 Å². The zero-order valence-electron chi connectivity index (χ0n) is 13.2. The van der Waals surface area contributed by atoms with Gasteiger partial charge in [0, 0.05) is 18.1 Å². The number of nitrogens with zero attached hydrogens (tertiary/aromatic N) is 2. The summed E-state index contributed by atoms with van der Waals surface area (Å²) in [6.45, 7) is 0.865. The van der Waals surface area contributed by atoms with Crippen molar-refractivity contribution in [2.45, 2.75) is 23.8 Å². The first-order valence-corrected chi connectivity index (χ1v) is 10.5. The molecule has 0 aliphatic carbocycles. The predicted octanol–water partition coefficient (Wildman–Crippen LogP) is 3.76. The van der Waals surface area contributed by atoms with Gasteiger partial charge in [0.15, 0.2) is 10.7 Å². The van der Waals surface area contributed by atoms with Crippen LogP contribution in [0.15, 0.2) is 54.6 Å². The fraction of sp³-hybridized carbons (Fsp3) is 0.222. The second kappa shape index (κ2) is 6.94. The van der Waals surface area contributed by atoms with Crippen LogP contribution in [0.2, 0.25) is 5.02 Å². The third-order valence-electron chi connectivity index (χ3n) is 4.23. The van der Waals surface area contributed by atoms with Crippen LogP contribution in [0.5, 0.6) is 0 Å². The van der Waals surface area contributed by atoms with Crippen molar-refractivity contribution in [2.24, 2.45) is 0 Å². The van der Waals surface area contributed by atoms with Gasteiger partial charge in [-0.3, -0.25) is 9.59 Å². The molecule has 2 aromatic carbocycles. The first kappa shape index (κ1) is 16.8.